The molecular weight excluding hydrogens is 580 g/mol. The van der Waals surface area contributed by atoms with Crippen molar-refractivity contribution >= 4 is 17.8 Å². The minimum absolute atomic E-state index is 0.0386. The molecule has 0 bridgehead atoms. The molecule has 1 aliphatic heterocycles. The summed E-state index contributed by atoms with van der Waals surface area (Å²) in [6, 6.07) is 28.2. The SMILES string of the molecule is O=C(C[C@H]1CC=CCCC[C@H](Cc2ccccc2)C(=O)OC[C@H](COCc2ccccc2)NC1=O)N[C@@H](CO)Cc1ccccc1. The summed E-state index contributed by atoms with van der Waals surface area (Å²) in [5.41, 5.74) is 3.06. The fourth-order valence-corrected chi connectivity index (χ4v) is 5.56. The molecule has 0 aliphatic carbocycles. The highest BCUT2D eigenvalue weighted by Gasteiger charge is 2.27. The molecule has 0 unspecified atom stereocenters. The summed E-state index contributed by atoms with van der Waals surface area (Å²) in [5, 5.41) is 15.8. The van der Waals surface area contributed by atoms with E-state index in [0.717, 1.165) is 29.5 Å². The number of benzene rings is 3. The summed E-state index contributed by atoms with van der Waals surface area (Å²) in [6.07, 6.45) is 7.59. The maximum Gasteiger partial charge on any atom is 0.309 e. The van der Waals surface area contributed by atoms with Crippen molar-refractivity contribution in [3.63, 3.8) is 0 Å². The first-order valence-electron chi connectivity index (χ1n) is 16.2. The fourth-order valence-electron chi connectivity index (χ4n) is 5.56. The molecule has 0 radical (unpaired) electrons. The van der Waals surface area contributed by atoms with Crippen molar-refractivity contribution in [2.75, 3.05) is 19.8 Å². The minimum atomic E-state index is -0.645. The molecular formula is C38H46N2O6. The number of carbonyl (C=O) groups is 3. The Morgan fingerprint density at radius 2 is 1.54 bits per heavy atom. The number of hydrogen-bond donors (Lipinski definition) is 3. The van der Waals surface area contributed by atoms with Crippen LogP contribution in [0.5, 0.6) is 0 Å². The van der Waals surface area contributed by atoms with E-state index in [9.17, 15) is 19.5 Å². The molecule has 8 nitrogen and oxygen atoms in total. The molecule has 8 heteroatoms. The first kappa shape index (κ1) is 34.6. The molecule has 3 aromatic rings. The van der Waals surface area contributed by atoms with Crippen molar-refractivity contribution in [3.05, 3.63) is 120 Å². The highest BCUT2D eigenvalue weighted by molar-refractivity contribution is 5.86. The van der Waals surface area contributed by atoms with Gasteiger partial charge in [0.15, 0.2) is 0 Å². The lowest BCUT2D eigenvalue weighted by atomic mass is 9.93. The summed E-state index contributed by atoms with van der Waals surface area (Å²) >= 11 is 0. The van der Waals surface area contributed by atoms with E-state index in [1.165, 1.54) is 0 Å². The second kappa shape index (κ2) is 19.3. The third-order valence-electron chi connectivity index (χ3n) is 8.09. The Morgan fingerprint density at radius 1 is 0.891 bits per heavy atom. The molecule has 4 atom stereocenters. The highest BCUT2D eigenvalue weighted by Crippen LogP contribution is 2.19. The number of aliphatic hydroxyl groups excluding tert-OH is 1. The standard InChI is InChI=1S/C38H46N2O6/c41-25-34(23-30-16-8-4-9-17-30)39-36(42)24-32-20-12-1-2-13-21-33(22-29-14-6-3-7-15-29)38(44)46-28-35(40-37(32)43)27-45-26-31-18-10-5-11-19-31/h1,3-12,14-19,32-35,41H,2,13,20-28H2,(H,39,42)(H,40,43)/t32-,33-,34-,35+/m1/s1. The van der Waals surface area contributed by atoms with Gasteiger partial charge in [-0.2, -0.15) is 0 Å². The number of allylic oxidation sites excluding steroid dienone is 2. The molecule has 0 spiro atoms. The number of esters is 1. The maximum absolute atomic E-state index is 13.6. The van der Waals surface area contributed by atoms with Gasteiger partial charge in [0.2, 0.25) is 11.8 Å². The third kappa shape index (κ3) is 12.3. The normalized spacial score (nSPS) is 20.2. The predicted octanol–water partition coefficient (Wildman–Crippen LogP) is 4.95. The van der Waals surface area contributed by atoms with Crippen molar-refractivity contribution in [2.45, 2.75) is 63.6 Å². The van der Waals surface area contributed by atoms with Gasteiger partial charge in [-0.1, -0.05) is 103 Å². The zero-order chi connectivity index (χ0) is 32.4. The Balaban J connectivity index is 1.44. The van der Waals surface area contributed by atoms with Gasteiger partial charge in [-0.3, -0.25) is 14.4 Å². The van der Waals surface area contributed by atoms with Gasteiger partial charge >= 0.3 is 5.97 Å². The smallest absolute Gasteiger partial charge is 0.309 e. The van der Waals surface area contributed by atoms with Gasteiger partial charge in [0, 0.05) is 6.42 Å². The number of aliphatic hydroxyl groups is 1. The fraction of sp³-hybridized carbons (Fsp3) is 0.395. The molecule has 244 valence electrons. The van der Waals surface area contributed by atoms with E-state index in [1.807, 2.05) is 103 Å². The highest BCUT2D eigenvalue weighted by atomic mass is 16.5. The lowest BCUT2D eigenvalue weighted by molar-refractivity contribution is -0.151. The van der Waals surface area contributed by atoms with Crippen LogP contribution in [0.2, 0.25) is 0 Å². The number of hydrogen-bond acceptors (Lipinski definition) is 6. The van der Waals surface area contributed by atoms with Crippen LogP contribution in [0.1, 0.15) is 48.8 Å². The number of rotatable bonds is 12. The van der Waals surface area contributed by atoms with E-state index in [-0.39, 0.29) is 49.9 Å². The first-order chi connectivity index (χ1) is 22.5. The monoisotopic (exact) mass is 626 g/mol. The average Bonchev–Trinajstić information content (AvgIpc) is 3.08. The average molecular weight is 627 g/mol. The second-order valence-electron chi connectivity index (χ2n) is 11.9. The molecule has 0 saturated carbocycles. The first-order valence-corrected chi connectivity index (χ1v) is 16.2. The topological polar surface area (TPSA) is 114 Å². The number of cyclic esters (lactones) is 1. The van der Waals surface area contributed by atoms with Gasteiger partial charge in [-0.25, -0.2) is 0 Å². The van der Waals surface area contributed by atoms with Gasteiger partial charge in [0.1, 0.15) is 6.61 Å². The zero-order valence-corrected chi connectivity index (χ0v) is 26.4. The van der Waals surface area contributed by atoms with E-state index in [2.05, 4.69) is 10.6 Å². The molecule has 2 amide bonds. The molecule has 0 aromatic heterocycles. The van der Waals surface area contributed by atoms with E-state index >= 15 is 0 Å². The summed E-state index contributed by atoms with van der Waals surface area (Å²) < 4.78 is 11.8. The third-order valence-corrected chi connectivity index (χ3v) is 8.09. The van der Waals surface area contributed by atoms with Crippen LogP contribution >= 0.6 is 0 Å². The number of amides is 2. The van der Waals surface area contributed by atoms with E-state index in [1.54, 1.807) is 0 Å². The number of ether oxygens (including phenoxy) is 2. The van der Waals surface area contributed by atoms with E-state index in [0.29, 0.717) is 32.3 Å². The quantitative estimate of drug-likeness (QED) is 0.194. The second-order valence-corrected chi connectivity index (χ2v) is 11.9. The predicted molar refractivity (Wildman–Crippen MR) is 178 cm³/mol. The summed E-state index contributed by atoms with van der Waals surface area (Å²) in [7, 11) is 0. The molecule has 4 rings (SSSR count). The largest absolute Gasteiger partial charge is 0.463 e. The molecule has 0 saturated heterocycles. The van der Waals surface area contributed by atoms with Gasteiger partial charge in [-0.15, -0.1) is 0 Å². The number of carbonyl (C=O) groups excluding carboxylic acids is 3. The van der Waals surface area contributed by atoms with Gasteiger partial charge < -0.3 is 25.2 Å². The van der Waals surface area contributed by atoms with Crippen molar-refractivity contribution in [1.82, 2.24) is 10.6 Å². The molecule has 0 fully saturated rings. The van der Waals surface area contributed by atoms with Crippen LogP contribution in [-0.4, -0.2) is 54.8 Å². The van der Waals surface area contributed by atoms with Crippen molar-refractivity contribution < 1.29 is 29.0 Å². The Bertz CT molecular complexity index is 1370. The Labute approximate surface area is 272 Å². The van der Waals surface area contributed by atoms with Crippen LogP contribution in [-0.2, 0) is 43.3 Å². The molecule has 3 aromatic carbocycles. The summed E-state index contributed by atoms with van der Waals surface area (Å²) in [5.74, 6) is -1.86. The lowest BCUT2D eigenvalue weighted by Gasteiger charge is -2.24. The summed E-state index contributed by atoms with van der Waals surface area (Å²) in [6.45, 7) is 0.226. The van der Waals surface area contributed by atoms with Crippen LogP contribution in [0.25, 0.3) is 0 Å². The lowest BCUT2D eigenvalue weighted by Crippen LogP contribution is -2.46. The van der Waals surface area contributed by atoms with Crippen LogP contribution in [0.3, 0.4) is 0 Å². The van der Waals surface area contributed by atoms with Crippen LogP contribution in [0, 0.1) is 11.8 Å². The Hall–Kier alpha value is -4.27. The van der Waals surface area contributed by atoms with Gasteiger partial charge in [-0.05, 0) is 55.2 Å². The molecule has 1 aliphatic rings. The minimum Gasteiger partial charge on any atom is -0.463 e. The maximum atomic E-state index is 13.6. The molecule has 3 N–H and O–H groups in total. The van der Waals surface area contributed by atoms with Gasteiger partial charge in [0.25, 0.3) is 0 Å². The Morgan fingerprint density at radius 3 is 2.22 bits per heavy atom. The van der Waals surface area contributed by atoms with Crippen molar-refractivity contribution in [3.8, 4) is 0 Å². The van der Waals surface area contributed by atoms with Crippen molar-refractivity contribution in [1.29, 1.82) is 0 Å². The van der Waals surface area contributed by atoms with Crippen LogP contribution < -0.4 is 10.6 Å². The Kier molecular flexibility index (Phi) is 14.5. The van der Waals surface area contributed by atoms with Crippen LogP contribution in [0.4, 0.5) is 0 Å². The summed E-state index contributed by atoms with van der Waals surface area (Å²) in [4.78, 5) is 40.1. The molecule has 1 heterocycles. The van der Waals surface area contributed by atoms with Crippen molar-refractivity contribution in [2.24, 2.45) is 11.8 Å². The zero-order valence-electron chi connectivity index (χ0n) is 26.4. The molecule has 46 heavy (non-hydrogen) atoms. The van der Waals surface area contributed by atoms with Gasteiger partial charge in [0.05, 0.1) is 43.7 Å². The van der Waals surface area contributed by atoms with Crippen LogP contribution in [0.15, 0.2) is 103 Å². The van der Waals surface area contributed by atoms with E-state index < -0.39 is 18.0 Å². The van der Waals surface area contributed by atoms with E-state index in [4.69, 9.17) is 9.47 Å². The number of nitrogens with one attached hydrogen (secondary N) is 2.